The highest BCUT2D eigenvalue weighted by Gasteiger charge is 2.46. The number of esters is 2. The van der Waals surface area contributed by atoms with Gasteiger partial charge in [0.15, 0.2) is 5.78 Å². The summed E-state index contributed by atoms with van der Waals surface area (Å²) in [6.07, 6.45) is -0.229. The van der Waals surface area contributed by atoms with E-state index in [1.807, 2.05) is 0 Å². The lowest BCUT2D eigenvalue weighted by atomic mass is 9.97. The lowest BCUT2D eigenvalue weighted by Crippen LogP contribution is -2.49. The molecule has 1 fully saturated rings. The van der Waals surface area contributed by atoms with Crippen molar-refractivity contribution >= 4 is 23.4 Å². The molecule has 0 saturated carbocycles. The second-order valence-corrected chi connectivity index (χ2v) is 5.24. The van der Waals surface area contributed by atoms with E-state index in [1.165, 1.54) is 38.1 Å². The van der Waals surface area contributed by atoms with E-state index in [0.717, 1.165) is 0 Å². The summed E-state index contributed by atoms with van der Waals surface area (Å²) in [7, 11) is 0. The number of ether oxygens (including phenoxy) is 2. The number of ketones is 1. The molecule has 1 aliphatic heterocycles. The Morgan fingerprint density at radius 3 is 2.14 bits per heavy atom. The molecule has 0 N–H and O–H groups in total. The molecule has 0 spiro atoms. The largest absolute Gasteiger partial charge is 0.422 e. The highest BCUT2D eigenvalue weighted by Crippen LogP contribution is 2.24. The summed E-state index contributed by atoms with van der Waals surface area (Å²) in [4.78, 5) is 45.6. The predicted octanol–water partition coefficient (Wildman–Crippen LogP) is 1.16. The Bertz CT molecular complexity index is 628. The standard InChI is InChI=1S/C14H13NO7/c1-14(2)21-12(17)11(13(18)22-14)10(16)7-8-3-5-9(6-4-8)15(19)20/h3-6,11H,7H2,1-2H3. The molecule has 8 heteroatoms. The predicted molar refractivity (Wildman–Crippen MR) is 71.6 cm³/mol. The van der Waals surface area contributed by atoms with Gasteiger partial charge in [-0.1, -0.05) is 12.1 Å². The molecule has 1 aromatic carbocycles. The fraction of sp³-hybridized carbons (Fsp3) is 0.357. The van der Waals surface area contributed by atoms with Gasteiger partial charge in [0.2, 0.25) is 5.92 Å². The Hall–Kier alpha value is -2.77. The molecule has 0 unspecified atom stereocenters. The fourth-order valence-electron chi connectivity index (χ4n) is 2.02. The summed E-state index contributed by atoms with van der Waals surface area (Å²) in [6, 6.07) is 5.26. The van der Waals surface area contributed by atoms with Gasteiger partial charge in [-0.15, -0.1) is 0 Å². The Kier molecular flexibility index (Phi) is 3.94. The van der Waals surface area contributed by atoms with Gasteiger partial charge in [0.1, 0.15) is 0 Å². The summed E-state index contributed by atoms with van der Waals surface area (Å²) >= 11 is 0. The van der Waals surface area contributed by atoms with Gasteiger partial charge >= 0.3 is 11.9 Å². The quantitative estimate of drug-likeness (QED) is 0.355. The summed E-state index contributed by atoms with van der Waals surface area (Å²) in [6.45, 7) is 2.78. The van der Waals surface area contributed by atoms with E-state index in [4.69, 9.17) is 9.47 Å². The minimum Gasteiger partial charge on any atom is -0.422 e. The smallest absolute Gasteiger partial charge is 0.331 e. The number of rotatable bonds is 4. The van der Waals surface area contributed by atoms with Crippen molar-refractivity contribution in [1.82, 2.24) is 0 Å². The van der Waals surface area contributed by atoms with Gasteiger partial charge in [-0.2, -0.15) is 0 Å². The summed E-state index contributed by atoms with van der Waals surface area (Å²) in [5.74, 6) is -5.60. The van der Waals surface area contributed by atoms with Gasteiger partial charge in [0.25, 0.3) is 11.5 Å². The average molecular weight is 307 g/mol. The van der Waals surface area contributed by atoms with E-state index in [1.54, 1.807) is 0 Å². The SMILES string of the molecule is CC1(C)OC(=O)C(C(=O)Cc2ccc([N+](=O)[O-])cc2)C(=O)O1. The molecule has 0 amide bonds. The van der Waals surface area contributed by atoms with Gasteiger partial charge in [-0.25, -0.2) is 0 Å². The summed E-state index contributed by atoms with van der Waals surface area (Å²) in [5, 5.41) is 10.5. The minimum atomic E-state index is -1.62. The van der Waals surface area contributed by atoms with Crippen molar-refractivity contribution in [3.8, 4) is 0 Å². The van der Waals surface area contributed by atoms with Gasteiger partial charge in [0.05, 0.1) is 4.92 Å². The number of nitrogens with zero attached hydrogens (tertiary/aromatic N) is 1. The van der Waals surface area contributed by atoms with Crippen molar-refractivity contribution < 1.29 is 28.8 Å². The van der Waals surface area contributed by atoms with E-state index >= 15 is 0 Å². The number of hydrogen-bond acceptors (Lipinski definition) is 7. The Labute approximate surface area is 125 Å². The van der Waals surface area contributed by atoms with Gasteiger partial charge < -0.3 is 9.47 Å². The zero-order valence-corrected chi connectivity index (χ0v) is 11.9. The van der Waals surface area contributed by atoms with Crippen LogP contribution >= 0.6 is 0 Å². The number of Topliss-reactive ketones (excluding diaryl/α,β-unsaturated/α-hetero) is 1. The van der Waals surface area contributed by atoms with E-state index in [2.05, 4.69) is 0 Å². The number of nitro benzene ring substituents is 1. The minimum absolute atomic E-state index is 0.116. The van der Waals surface area contributed by atoms with Crippen LogP contribution in [0.3, 0.4) is 0 Å². The molecule has 0 aromatic heterocycles. The molecule has 0 bridgehead atoms. The second kappa shape index (κ2) is 5.55. The molecule has 8 nitrogen and oxygen atoms in total. The van der Waals surface area contributed by atoms with Crippen LogP contribution in [-0.2, 0) is 30.3 Å². The van der Waals surface area contributed by atoms with E-state index in [-0.39, 0.29) is 12.1 Å². The first-order valence-electron chi connectivity index (χ1n) is 6.41. The third kappa shape index (κ3) is 3.27. The van der Waals surface area contributed by atoms with Crippen molar-refractivity contribution in [2.24, 2.45) is 5.92 Å². The van der Waals surface area contributed by atoms with E-state index in [9.17, 15) is 24.5 Å². The second-order valence-electron chi connectivity index (χ2n) is 5.24. The Morgan fingerprint density at radius 1 is 1.18 bits per heavy atom. The topological polar surface area (TPSA) is 113 Å². The van der Waals surface area contributed by atoms with Crippen molar-refractivity contribution in [2.45, 2.75) is 26.1 Å². The molecule has 0 atom stereocenters. The number of nitro groups is 1. The third-order valence-corrected chi connectivity index (χ3v) is 3.01. The van der Waals surface area contributed by atoms with E-state index < -0.39 is 34.4 Å². The fourth-order valence-corrected chi connectivity index (χ4v) is 2.02. The molecule has 116 valence electrons. The highest BCUT2D eigenvalue weighted by molar-refractivity contribution is 6.16. The molecule has 0 aliphatic carbocycles. The maximum absolute atomic E-state index is 12.1. The van der Waals surface area contributed by atoms with Crippen LogP contribution in [0.15, 0.2) is 24.3 Å². The lowest BCUT2D eigenvalue weighted by Gasteiger charge is -2.32. The number of hydrogen-bond donors (Lipinski definition) is 0. The monoisotopic (exact) mass is 307 g/mol. The normalized spacial score (nSPS) is 17.5. The van der Waals surface area contributed by atoms with Crippen LogP contribution < -0.4 is 0 Å². The lowest BCUT2D eigenvalue weighted by molar-refractivity contribution is -0.384. The van der Waals surface area contributed by atoms with Crippen molar-refractivity contribution in [1.29, 1.82) is 0 Å². The molecule has 1 aromatic rings. The zero-order chi connectivity index (χ0) is 16.5. The van der Waals surface area contributed by atoms with Gasteiger partial charge in [-0.3, -0.25) is 24.5 Å². The summed E-state index contributed by atoms with van der Waals surface area (Å²) < 4.78 is 9.75. The molecule has 1 aliphatic rings. The van der Waals surface area contributed by atoms with Crippen molar-refractivity contribution in [2.75, 3.05) is 0 Å². The molecule has 1 heterocycles. The molecule has 22 heavy (non-hydrogen) atoms. The first-order chi connectivity index (χ1) is 10.2. The zero-order valence-electron chi connectivity index (χ0n) is 11.9. The average Bonchev–Trinajstić information content (AvgIpc) is 2.36. The van der Waals surface area contributed by atoms with Crippen molar-refractivity contribution in [3.63, 3.8) is 0 Å². The van der Waals surface area contributed by atoms with E-state index in [0.29, 0.717) is 5.56 Å². The molecule has 2 rings (SSSR count). The van der Waals surface area contributed by atoms with Crippen LogP contribution in [0.1, 0.15) is 19.4 Å². The number of benzene rings is 1. The van der Waals surface area contributed by atoms with Crippen LogP contribution in [0.5, 0.6) is 0 Å². The Balaban J connectivity index is 2.10. The van der Waals surface area contributed by atoms with Crippen LogP contribution in [0.25, 0.3) is 0 Å². The van der Waals surface area contributed by atoms with Crippen LogP contribution in [0, 0.1) is 16.0 Å². The maximum atomic E-state index is 12.1. The number of carbonyl (C=O) groups is 3. The number of non-ortho nitro benzene ring substituents is 1. The molecule has 1 saturated heterocycles. The summed E-state index contributed by atoms with van der Waals surface area (Å²) in [5.41, 5.74) is 0.329. The molecular formula is C14H13NO7. The number of cyclic esters (lactones) is 2. The van der Waals surface area contributed by atoms with Crippen LogP contribution in [0.2, 0.25) is 0 Å². The molecule has 0 radical (unpaired) electrons. The first-order valence-corrected chi connectivity index (χ1v) is 6.41. The van der Waals surface area contributed by atoms with Crippen LogP contribution in [0.4, 0.5) is 5.69 Å². The van der Waals surface area contributed by atoms with Gasteiger partial charge in [0, 0.05) is 32.4 Å². The molecular weight excluding hydrogens is 294 g/mol. The Morgan fingerprint density at radius 2 is 1.68 bits per heavy atom. The van der Waals surface area contributed by atoms with Gasteiger partial charge in [-0.05, 0) is 5.56 Å². The first kappa shape index (κ1) is 15.6. The third-order valence-electron chi connectivity index (χ3n) is 3.01. The highest BCUT2D eigenvalue weighted by atomic mass is 16.7. The number of carbonyl (C=O) groups excluding carboxylic acids is 3. The maximum Gasteiger partial charge on any atom is 0.331 e. The van der Waals surface area contributed by atoms with Crippen LogP contribution in [-0.4, -0.2) is 28.4 Å². The van der Waals surface area contributed by atoms with Crippen molar-refractivity contribution in [3.05, 3.63) is 39.9 Å².